The smallest absolute Gasteiger partial charge is 0.409 e. The lowest BCUT2D eigenvalue weighted by Gasteiger charge is -2.31. The van der Waals surface area contributed by atoms with Crippen molar-refractivity contribution in [2.75, 3.05) is 19.7 Å². The fraction of sp³-hybridized carbons (Fsp3) is 0.474. The minimum Gasteiger partial charge on any atom is -0.486 e. The van der Waals surface area contributed by atoms with Crippen LogP contribution in [0.4, 0.5) is 4.79 Å². The van der Waals surface area contributed by atoms with Crippen LogP contribution in [0.2, 0.25) is 0 Å². The Balaban J connectivity index is 1.38. The zero-order valence-corrected chi connectivity index (χ0v) is 15.8. The Bertz CT molecular complexity index is 684. The van der Waals surface area contributed by atoms with Gasteiger partial charge in [-0.3, -0.25) is 0 Å². The highest BCUT2D eigenvalue weighted by molar-refractivity contribution is 7.09. The molecule has 0 bridgehead atoms. The van der Waals surface area contributed by atoms with Gasteiger partial charge in [-0.1, -0.05) is 18.2 Å². The molecule has 1 saturated heterocycles. The lowest BCUT2D eigenvalue weighted by molar-refractivity contribution is 0.0949. The molecule has 140 valence electrons. The molecular weight excluding hydrogens is 350 g/mol. The van der Waals surface area contributed by atoms with Crippen LogP contribution in [0, 0.1) is 0 Å². The number of nitrogens with zero attached hydrogens (tertiary/aromatic N) is 2. The monoisotopic (exact) mass is 375 g/mol. The summed E-state index contributed by atoms with van der Waals surface area (Å²) in [6.45, 7) is 4.97. The third-order valence-corrected chi connectivity index (χ3v) is 5.17. The predicted molar refractivity (Wildman–Crippen MR) is 101 cm³/mol. The van der Waals surface area contributed by atoms with Crippen LogP contribution in [0.3, 0.4) is 0 Å². The summed E-state index contributed by atoms with van der Waals surface area (Å²) in [5.74, 6) is 0.857. The van der Waals surface area contributed by atoms with Gasteiger partial charge in [0.25, 0.3) is 0 Å². The van der Waals surface area contributed by atoms with Gasteiger partial charge in [-0.25, -0.2) is 9.78 Å². The molecule has 6 nitrogen and oxygen atoms in total. The number of piperidine rings is 1. The van der Waals surface area contributed by atoms with Crippen LogP contribution in [0.25, 0.3) is 0 Å². The average molecular weight is 375 g/mol. The van der Waals surface area contributed by atoms with E-state index in [2.05, 4.69) is 15.7 Å². The van der Waals surface area contributed by atoms with Crippen LogP contribution >= 0.6 is 11.3 Å². The summed E-state index contributed by atoms with van der Waals surface area (Å²) >= 11 is 1.62. The molecule has 3 rings (SSSR count). The molecule has 1 fully saturated rings. The summed E-state index contributed by atoms with van der Waals surface area (Å²) in [7, 11) is 0. The Morgan fingerprint density at radius 2 is 2.08 bits per heavy atom. The Labute approximate surface area is 158 Å². The molecule has 0 spiro atoms. The first kappa shape index (κ1) is 18.7. The molecule has 1 aliphatic rings. The van der Waals surface area contributed by atoms with Crippen molar-refractivity contribution in [1.82, 2.24) is 15.2 Å². The summed E-state index contributed by atoms with van der Waals surface area (Å²) < 4.78 is 10.8. The number of carbonyl (C=O) groups excluding carboxylic acids is 1. The van der Waals surface area contributed by atoms with Gasteiger partial charge < -0.3 is 19.7 Å². The van der Waals surface area contributed by atoms with Crippen molar-refractivity contribution in [2.24, 2.45) is 0 Å². The molecule has 0 unspecified atom stereocenters. The third-order valence-electron chi connectivity index (χ3n) is 4.30. The van der Waals surface area contributed by atoms with Crippen LogP contribution in [-0.4, -0.2) is 41.7 Å². The predicted octanol–water partition coefficient (Wildman–Crippen LogP) is 3.43. The molecule has 1 aromatic heterocycles. The summed E-state index contributed by atoms with van der Waals surface area (Å²) in [5.41, 5.74) is 1.04. The number of aromatic nitrogens is 1. The summed E-state index contributed by atoms with van der Waals surface area (Å²) in [6, 6.07) is 10.2. The molecule has 7 heteroatoms. The summed E-state index contributed by atoms with van der Waals surface area (Å²) in [5, 5.41) is 6.59. The SMILES string of the molecule is CCOC(=O)N1CCC(NCc2csc(COc3ccccc3)n2)CC1. The van der Waals surface area contributed by atoms with Gasteiger partial charge >= 0.3 is 6.09 Å². The van der Waals surface area contributed by atoms with Gasteiger partial charge in [-0.15, -0.1) is 11.3 Å². The standard InChI is InChI=1S/C19H25N3O3S/c1-2-24-19(23)22-10-8-15(9-11-22)20-12-16-14-26-18(21-16)13-25-17-6-4-3-5-7-17/h3-7,14-15,20H,2,8-13H2,1H3. The number of hydrogen-bond acceptors (Lipinski definition) is 6. The summed E-state index contributed by atoms with van der Waals surface area (Å²) in [6.07, 6.45) is 1.67. The lowest BCUT2D eigenvalue weighted by Crippen LogP contribution is -2.44. The average Bonchev–Trinajstić information content (AvgIpc) is 3.14. The van der Waals surface area contributed by atoms with E-state index in [0.717, 1.165) is 48.9 Å². The van der Waals surface area contributed by atoms with Gasteiger partial charge in [-0.05, 0) is 31.9 Å². The Kier molecular flexibility index (Phi) is 6.85. The lowest BCUT2D eigenvalue weighted by atomic mass is 10.1. The molecule has 1 aliphatic heterocycles. The zero-order valence-electron chi connectivity index (χ0n) is 15.0. The molecular formula is C19H25N3O3S. The molecule has 1 amide bonds. The number of amides is 1. The largest absolute Gasteiger partial charge is 0.486 e. The molecule has 26 heavy (non-hydrogen) atoms. The number of rotatable bonds is 7. The van der Waals surface area contributed by atoms with Crippen molar-refractivity contribution in [3.8, 4) is 5.75 Å². The minimum absolute atomic E-state index is 0.200. The topological polar surface area (TPSA) is 63.7 Å². The first-order valence-corrected chi connectivity index (χ1v) is 9.88. The molecule has 0 atom stereocenters. The molecule has 0 saturated carbocycles. The molecule has 0 radical (unpaired) electrons. The second-order valence-electron chi connectivity index (χ2n) is 6.18. The van der Waals surface area contributed by atoms with E-state index in [0.29, 0.717) is 19.3 Å². The van der Waals surface area contributed by atoms with E-state index < -0.39 is 0 Å². The minimum atomic E-state index is -0.200. The maximum atomic E-state index is 11.7. The maximum absolute atomic E-state index is 11.7. The number of para-hydroxylation sites is 1. The molecule has 1 aromatic carbocycles. The van der Waals surface area contributed by atoms with Crippen molar-refractivity contribution < 1.29 is 14.3 Å². The van der Waals surface area contributed by atoms with Gasteiger partial charge in [-0.2, -0.15) is 0 Å². The van der Waals surface area contributed by atoms with Crippen molar-refractivity contribution in [3.05, 3.63) is 46.4 Å². The highest BCUT2D eigenvalue weighted by Gasteiger charge is 2.23. The Hall–Kier alpha value is -2.12. The highest BCUT2D eigenvalue weighted by Crippen LogP contribution is 2.16. The van der Waals surface area contributed by atoms with Crippen molar-refractivity contribution >= 4 is 17.4 Å². The Morgan fingerprint density at radius 1 is 1.31 bits per heavy atom. The number of likely N-dealkylation sites (tertiary alicyclic amines) is 1. The van der Waals surface area contributed by atoms with Crippen molar-refractivity contribution in [1.29, 1.82) is 0 Å². The van der Waals surface area contributed by atoms with Crippen molar-refractivity contribution in [3.63, 3.8) is 0 Å². The van der Waals surface area contributed by atoms with E-state index in [9.17, 15) is 4.79 Å². The van der Waals surface area contributed by atoms with E-state index in [1.54, 1.807) is 16.2 Å². The normalized spacial score (nSPS) is 15.0. The Morgan fingerprint density at radius 3 is 2.81 bits per heavy atom. The van der Waals surface area contributed by atoms with Gasteiger partial charge in [0, 0.05) is 31.1 Å². The zero-order chi connectivity index (χ0) is 18.2. The first-order valence-electron chi connectivity index (χ1n) is 9.01. The van der Waals surface area contributed by atoms with E-state index in [1.165, 1.54) is 0 Å². The molecule has 1 N–H and O–H groups in total. The van der Waals surface area contributed by atoms with Crippen LogP contribution in [0.15, 0.2) is 35.7 Å². The van der Waals surface area contributed by atoms with Gasteiger partial charge in [0.15, 0.2) is 0 Å². The van der Waals surface area contributed by atoms with Crippen LogP contribution in [0.1, 0.15) is 30.5 Å². The molecule has 0 aliphatic carbocycles. The number of thiazole rings is 1. The second-order valence-corrected chi connectivity index (χ2v) is 7.12. The van der Waals surface area contributed by atoms with Crippen molar-refractivity contribution in [2.45, 2.75) is 39.0 Å². The van der Waals surface area contributed by atoms with E-state index in [4.69, 9.17) is 9.47 Å². The number of nitrogens with one attached hydrogen (secondary N) is 1. The molecule has 2 aromatic rings. The number of carbonyl (C=O) groups is 1. The second kappa shape index (κ2) is 9.54. The van der Waals surface area contributed by atoms with E-state index in [1.807, 2.05) is 37.3 Å². The van der Waals surface area contributed by atoms with E-state index >= 15 is 0 Å². The number of benzene rings is 1. The fourth-order valence-corrected chi connectivity index (χ4v) is 3.59. The van der Waals surface area contributed by atoms with Crippen LogP contribution in [-0.2, 0) is 17.9 Å². The van der Waals surface area contributed by atoms with Gasteiger partial charge in [0.1, 0.15) is 17.4 Å². The quantitative estimate of drug-likeness (QED) is 0.803. The highest BCUT2D eigenvalue weighted by atomic mass is 32.1. The van der Waals surface area contributed by atoms with E-state index in [-0.39, 0.29) is 6.09 Å². The maximum Gasteiger partial charge on any atom is 0.409 e. The van der Waals surface area contributed by atoms with Gasteiger partial charge in [0.05, 0.1) is 12.3 Å². The third kappa shape index (κ3) is 5.44. The van der Waals surface area contributed by atoms with Gasteiger partial charge in [0.2, 0.25) is 0 Å². The fourth-order valence-electron chi connectivity index (χ4n) is 2.89. The van der Waals surface area contributed by atoms with Crippen LogP contribution in [0.5, 0.6) is 5.75 Å². The first-order chi connectivity index (χ1) is 12.7. The summed E-state index contributed by atoms with van der Waals surface area (Å²) in [4.78, 5) is 18.1. The number of hydrogen-bond donors (Lipinski definition) is 1. The number of ether oxygens (including phenoxy) is 2. The van der Waals surface area contributed by atoms with Crippen LogP contribution < -0.4 is 10.1 Å². The molecule has 2 heterocycles.